The molecule has 0 saturated carbocycles. The molecule has 22 heavy (non-hydrogen) atoms. The lowest BCUT2D eigenvalue weighted by Gasteiger charge is -2.33. The molecule has 0 bridgehead atoms. The number of carbonyl (C=O) groups is 2. The molecule has 0 spiro atoms. The van der Waals surface area contributed by atoms with E-state index >= 15 is 0 Å². The number of nitrogens with one attached hydrogen (secondary N) is 1. The van der Waals surface area contributed by atoms with Gasteiger partial charge in [-0.1, -0.05) is 29.8 Å². The molecule has 1 aliphatic heterocycles. The van der Waals surface area contributed by atoms with Crippen molar-refractivity contribution < 1.29 is 14.3 Å². The predicted octanol–water partition coefficient (Wildman–Crippen LogP) is 3.26. The molecule has 1 heterocycles. The van der Waals surface area contributed by atoms with E-state index in [9.17, 15) is 9.59 Å². The van der Waals surface area contributed by atoms with Gasteiger partial charge in [-0.3, -0.25) is 0 Å². The summed E-state index contributed by atoms with van der Waals surface area (Å²) in [6.45, 7) is 5.28. The van der Waals surface area contributed by atoms with Gasteiger partial charge in [0.25, 0.3) is 0 Å². The van der Waals surface area contributed by atoms with Crippen molar-refractivity contribution in [1.29, 1.82) is 0 Å². The molecule has 1 aromatic carbocycles. The molecule has 6 heteroatoms. The number of hydrogen-bond donors (Lipinski definition) is 1. The third kappa shape index (κ3) is 3.09. The van der Waals surface area contributed by atoms with Crippen molar-refractivity contribution in [3.05, 3.63) is 46.1 Å². The Kier molecular flexibility index (Phi) is 4.76. The van der Waals surface area contributed by atoms with Gasteiger partial charge in [0.15, 0.2) is 0 Å². The zero-order chi connectivity index (χ0) is 16.4. The minimum absolute atomic E-state index is 0.248. The predicted molar refractivity (Wildman–Crippen MR) is 84.4 cm³/mol. The van der Waals surface area contributed by atoms with E-state index < -0.39 is 12.0 Å². The van der Waals surface area contributed by atoms with E-state index in [0.29, 0.717) is 21.9 Å². The molecular weight excluding hydrogens is 304 g/mol. The number of halogens is 1. The molecule has 0 aromatic heterocycles. The zero-order valence-electron chi connectivity index (χ0n) is 13.0. The normalized spacial score (nSPS) is 18.5. The van der Waals surface area contributed by atoms with Crippen molar-refractivity contribution in [2.24, 2.45) is 0 Å². The van der Waals surface area contributed by atoms with E-state index in [4.69, 9.17) is 16.3 Å². The Hall–Kier alpha value is -2.01. The molecule has 2 amide bonds. The number of urea groups is 1. The summed E-state index contributed by atoms with van der Waals surface area (Å²) >= 11 is 6.23. The maximum atomic E-state index is 12.5. The number of esters is 1. The van der Waals surface area contributed by atoms with Gasteiger partial charge < -0.3 is 15.0 Å². The molecule has 1 atom stereocenters. The Morgan fingerprint density at radius 1 is 1.36 bits per heavy atom. The third-order valence-electron chi connectivity index (χ3n) is 3.53. The number of carbonyl (C=O) groups excluding carboxylic acids is 2. The summed E-state index contributed by atoms with van der Waals surface area (Å²) in [5, 5.41) is 3.29. The van der Waals surface area contributed by atoms with Gasteiger partial charge in [0.2, 0.25) is 0 Å². The van der Waals surface area contributed by atoms with Gasteiger partial charge in [-0.2, -0.15) is 0 Å². The number of nitrogens with zero attached hydrogens (tertiary/aromatic N) is 1. The summed E-state index contributed by atoms with van der Waals surface area (Å²) in [6, 6.07) is 6.21. The summed E-state index contributed by atoms with van der Waals surface area (Å²) in [5.74, 6) is -0.454. The van der Waals surface area contributed by atoms with Crippen LogP contribution in [0.25, 0.3) is 0 Å². The van der Waals surface area contributed by atoms with Crippen LogP contribution in [0.4, 0.5) is 4.79 Å². The molecule has 1 aromatic rings. The van der Waals surface area contributed by atoms with E-state index in [0.717, 1.165) is 0 Å². The SMILES string of the molecule is CC1=C(C(=O)OC(C)C)C(c2ccccc2Cl)NC(=O)N1C. The van der Waals surface area contributed by atoms with Crippen LogP contribution in [-0.2, 0) is 9.53 Å². The lowest BCUT2D eigenvalue weighted by Crippen LogP contribution is -2.46. The Labute approximate surface area is 134 Å². The molecule has 1 unspecified atom stereocenters. The first-order chi connectivity index (χ1) is 10.3. The fourth-order valence-corrected chi connectivity index (χ4v) is 2.56. The van der Waals surface area contributed by atoms with Crippen molar-refractivity contribution >= 4 is 23.6 Å². The van der Waals surface area contributed by atoms with E-state index in [1.165, 1.54) is 4.90 Å². The van der Waals surface area contributed by atoms with Crippen molar-refractivity contribution in [1.82, 2.24) is 10.2 Å². The number of allylic oxidation sites excluding steroid dienone is 1. The van der Waals surface area contributed by atoms with Crippen molar-refractivity contribution in [2.75, 3.05) is 7.05 Å². The van der Waals surface area contributed by atoms with E-state index in [1.54, 1.807) is 46.0 Å². The summed E-state index contributed by atoms with van der Waals surface area (Å²) in [4.78, 5) is 25.9. The van der Waals surface area contributed by atoms with Gasteiger partial charge in [-0.05, 0) is 32.4 Å². The Morgan fingerprint density at radius 2 is 2.00 bits per heavy atom. The van der Waals surface area contributed by atoms with E-state index in [1.807, 2.05) is 6.07 Å². The highest BCUT2D eigenvalue weighted by Crippen LogP contribution is 2.34. The average Bonchev–Trinajstić information content (AvgIpc) is 2.44. The highest BCUT2D eigenvalue weighted by Gasteiger charge is 2.36. The van der Waals surface area contributed by atoms with Crippen LogP contribution in [0.15, 0.2) is 35.5 Å². The standard InChI is InChI=1S/C16H19ClN2O3/c1-9(2)22-15(20)13-10(3)19(4)16(21)18-14(13)11-7-5-6-8-12(11)17/h5-9,14H,1-4H3,(H,18,21). The smallest absolute Gasteiger partial charge is 0.338 e. The Balaban J connectivity index is 2.53. The topological polar surface area (TPSA) is 58.6 Å². The summed E-state index contributed by atoms with van der Waals surface area (Å²) in [5.41, 5.74) is 1.61. The van der Waals surface area contributed by atoms with Crippen LogP contribution in [0.2, 0.25) is 5.02 Å². The number of ether oxygens (including phenoxy) is 1. The van der Waals surface area contributed by atoms with Gasteiger partial charge in [0, 0.05) is 17.8 Å². The second-order valence-electron chi connectivity index (χ2n) is 5.42. The largest absolute Gasteiger partial charge is 0.459 e. The monoisotopic (exact) mass is 322 g/mol. The van der Waals surface area contributed by atoms with Crippen LogP contribution in [-0.4, -0.2) is 30.1 Å². The number of rotatable bonds is 3. The van der Waals surface area contributed by atoms with Crippen molar-refractivity contribution in [3.8, 4) is 0 Å². The summed E-state index contributed by atoms with van der Waals surface area (Å²) < 4.78 is 5.32. The minimum Gasteiger partial charge on any atom is -0.459 e. The molecule has 2 rings (SSSR count). The molecule has 5 nitrogen and oxygen atoms in total. The van der Waals surface area contributed by atoms with Crippen LogP contribution >= 0.6 is 11.6 Å². The van der Waals surface area contributed by atoms with E-state index in [2.05, 4.69) is 5.32 Å². The van der Waals surface area contributed by atoms with Crippen LogP contribution in [0, 0.1) is 0 Å². The summed E-state index contributed by atoms with van der Waals surface area (Å²) in [6.07, 6.45) is -0.248. The maximum Gasteiger partial charge on any atom is 0.338 e. The van der Waals surface area contributed by atoms with Crippen LogP contribution in [0.1, 0.15) is 32.4 Å². The molecule has 1 aliphatic rings. The zero-order valence-corrected chi connectivity index (χ0v) is 13.8. The average molecular weight is 323 g/mol. The number of hydrogen-bond acceptors (Lipinski definition) is 3. The fraction of sp³-hybridized carbons (Fsp3) is 0.375. The fourth-order valence-electron chi connectivity index (χ4n) is 2.32. The number of benzene rings is 1. The molecule has 0 aliphatic carbocycles. The van der Waals surface area contributed by atoms with E-state index in [-0.39, 0.29) is 12.1 Å². The van der Waals surface area contributed by atoms with Crippen molar-refractivity contribution in [2.45, 2.75) is 32.9 Å². The summed E-state index contributed by atoms with van der Waals surface area (Å²) in [7, 11) is 1.61. The van der Waals surface area contributed by atoms with Gasteiger partial charge in [0.05, 0.1) is 17.7 Å². The van der Waals surface area contributed by atoms with Crippen molar-refractivity contribution in [3.63, 3.8) is 0 Å². The molecule has 1 N–H and O–H groups in total. The minimum atomic E-state index is -0.622. The lowest BCUT2D eigenvalue weighted by atomic mass is 9.95. The van der Waals surface area contributed by atoms with Crippen LogP contribution in [0.5, 0.6) is 0 Å². The van der Waals surface area contributed by atoms with Gasteiger partial charge in [-0.25, -0.2) is 9.59 Å². The third-order valence-corrected chi connectivity index (χ3v) is 3.88. The molecule has 0 saturated heterocycles. The number of amides is 2. The molecular formula is C16H19ClN2O3. The van der Waals surface area contributed by atoms with Gasteiger partial charge in [0.1, 0.15) is 0 Å². The first-order valence-corrected chi connectivity index (χ1v) is 7.41. The van der Waals surface area contributed by atoms with Gasteiger partial charge in [-0.15, -0.1) is 0 Å². The molecule has 0 fully saturated rings. The highest BCUT2D eigenvalue weighted by atomic mass is 35.5. The first-order valence-electron chi connectivity index (χ1n) is 7.03. The second kappa shape index (κ2) is 6.40. The van der Waals surface area contributed by atoms with Gasteiger partial charge >= 0.3 is 12.0 Å². The molecule has 118 valence electrons. The molecule has 0 radical (unpaired) electrons. The Morgan fingerprint density at radius 3 is 2.59 bits per heavy atom. The lowest BCUT2D eigenvalue weighted by molar-refractivity contribution is -0.143. The second-order valence-corrected chi connectivity index (χ2v) is 5.82. The van der Waals surface area contributed by atoms with Crippen LogP contribution < -0.4 is 5.32 Å². The Bertz CT molecular complexity index is 640. The highest BCUT2D eigenvalue weighted by molar-refractivity contribution is 6.31. The first kappa shape index (κ1) is 16.4. The maximum absolute atomic E-state index is 12.5. The quantitative estimate of drug-likeness (QED) is 0.869. The van der Waals surface area contributed by atoms with Crippen LogP contribution in [0.3, 0.4) is 0 Å².